The fourth-order valence-corrected chi connectivity index (χ4v) is 3.66. The predicted molar refractivity (Wildman–Crippen MR) is 106 cm³/mol. The Morgan fingerprint density at radius 2 is 1.47 bits per heavy atom. The van der Waals surface area contributed by atoms with Gasteiger partial charge in [-0.05, 0) is 30.9 Å². The Balaban J connectivity index is 0.000000343. The minimum absolute atomic E-state index is 0.101. The molecule has 0 unspecified atom stereocenters. The number of likely N-dealkylation sites (tertiary alicyclic amines) is 2. The largest absolute Gasteiger partial charge is 0.490 e. The summed E-state index contributed by atoms with van der Waals surface area (Å²) >= 11 is 0. The van der Waals surface area contributed by atoms with Crippen molar-refractivity contribution in [3.05, 3.63) is 30.1 Å². The summed E-state index contributed by atoms with van der Waals surface area (Å²) in [5, 5.41) is 14.2. The minimum atomic E-state index is -5.08. The first-order valence-corrected chi connectivity index (χ1v) is 10.1. The Hall–Kier alpha value is -2.90. The summed E-state index contributed by atoms with van der Waals surface area (Å²) in [4.78, 5) is 39.2. The number of halogens is 6. The molecule has 34 heavy (non-hydrogen) atoms. The van der Waals surface area contributed by atoms with Crippen LogP contribution in [0.25, 0.3) is 0 Å². The molecule has 0 saturated carbocycles. The number of carboxylic acid groups (broad SMARTS) is 2. The number of alkyl halides is 6. The van der Waals surface area contributed by atoms with Gasteiger partial charge in [-0.1, -0.05) is 19.9 Å². The number of rotatable bonds is 3. The quantitative estimate of drug-likeness (QED) is 0.612. The Bertz CT molecular complexity index is 808. The number of aliphatic carboxylic acids is 2. The molecule has 3 rings (SSSR count). The smallest absolute Gasteiger partial charge is 0.475 e. The number of fused-ring (bicyclic) bond motifs is 1. The number of amides is 1. The van der Waals surface area contributed by atoms with Gasteiger partial charge < -0.3 is 15.1 Å². The van der Waals surface area contributed by atoms with Crippen LogP contribution in [0.15, 0.2) is 24.4 Å². The Morgan fingerprint density at radius 3 is 1.88 bits per heavy atom. The number of carbonyl (C=O) groups excluding carboxylic acids is 1. The molecule has 3 heterocycles. The number of pyridine rings is 1. The molecule has 14 heteroatoms. The van der Waals surface area contributed by atoms with Crippen molar-refractivity contribution >= 4 is 17.8 Å². The van der Waals surface area contributed by atoms with Crippen LogP contribution in [0.2, 0.25) is 0 Å². The lowest BCUT2D eigenvalue weighted by Crippen LogP contribution is -2.40. The van der Waals surface area contributed by atoms with Crippen molar-refractivity contribution in [2.45, 2.75) is 51.1 Å². The maximum atomic E-state index is 12.6. The van der Waals surface area contributed by atoms with Gasteiger partial charge in [-0.25, -0.2) is 9.59 Å². The van der Waals surface area contributed by atoms with E-state index in [-0.39, 0.29) is 5.91 Å². The number of nitrogens with zero attached hydrogens (tertiary/aromatic N) is 3. The summed E-state index contributed by atoms with van der Waals surface area (Å²) in [7, 11) is 0. The normalized spacial score (nSPS) is 20.1. The van der Waals surface area contributed by atoms with Crippen molar-refractivity contribution in [2.24, 2.45) is 5.92 Å². The van der Waals surface area contributed by atoms with E-state index < -0.39 is 24.3 Å². The second-order valence-electron chi connectivity index (χ2n) is 7.92. The molecular weight excluding hydrogens is 476 g/mol. The molecule has 2 fully saturated rings. The van der Waals surface area contributed by atoms with Crippen molar-refractivity contribution in [1.29, 1.82) is 0 Å². The molecule has 1 aromatic rings. The van der Waals surface area contributed by atoms with E-state index in [0.717, 1.165) is 32.5 Å². The summed E-state index contributed by atoms with van der Waals surface area (Å²) in [6.45, 7) is 7.67. The van der Waals surface area contributed by atoms with Crippen LogP contribution in [-0.2, 0) is 9.59 Å². The van der Waals surface area contributed by atoms with Crippen molar-refractivity contribution in [3.8, 4) is 0 Å². The van der Waals surface area contributed by atoms with E-state index in [4.69, 9.17) is 19.8 Å². The molecule has 2 saturated heterocycles. The SMILES string of the molecule is CC(C)CN1CC[C@@H]2[C@@H]1CCN2C(=O)c1ccccn1.O=C(O)C(F)(F)F.O=C(O)C(F)(F)F. The van der Waals surface area contributed by atoms with Crippen LogP contribution in [0.3, 0.4) is 0 Å². The lowest BCUT2D eigenvalue weighted by atomic mass is 10.1. The van der Waals surface area contributed by atoms with Crippen LogP contribution in [0.4, 0.5) is 26.3 Å². The van der Waals surface area contributed by atoms with E-state index in [9.17, 15) is 31.1 Å². The fourth-order valence-electron chi connectivity index (χ4n) is 3.66. The van der Waals surface area contributed by atoms with Crippen LogP contribution in [-0.4, -0.2) is 86.9 Å². The molecule has 0 bridgehead atoms. The molecule has 8 nitrogen and oxygen atoms in total. The van der Waals surface area contributed by atoms with Crippen molar-refractivity contribution < 1.29 is 50.9 Å². The summed E-state index contributed by atoms with van der Waals surface area (Å²) in [6.07, 6.45) is -6.26. The second-order valence-corrected chi connectivity index (χ2v) is 7.92. The first kappa shape index (κ1) is 29.1. The summed E-state index contributed by atoms with van der Waals surface area (Å²) in [5.74, 6) is -4.72. The molecule has 0 aliphatic carbocycles. The maximum Gasteiger partial charge on any atom is 0.490 e. The zero-order chi connectivity index (χ0) is 26.3. The van der Waals surface area contributed by atoms with E-state index in [2.05, 4.69) is 23.7 Å². The average molecular weight is 501 g/mol. The Labute approximate surface area is 191 Å². The molecule has 0 aromatic carbocycles. The van der Waals surface area contributed by atoms with Gasteiger partial charge in [0.15, 0.2) is 0 Å². The van der Waals surface area contributed by atoms with Gasteiger partial charge >= 0.3 is 24.3 Å². The number of aromatic nitrogens is 1. The second kappa shape index (κ2) is 12.0. The summed E-state index contributed by atoms with van der Waals surface area (Å²) in [6, 6.07) is 6.50. The minimum Gasteiger partial charge on any atom is -0.475 e. The molecule has 1 aromatic heterocycles. The van der Waals surface area contributed by atoms with E-state index >= 15 is 0 Å². The number of hydrogen-bond acceptors (Lipinski definition) is 5. The Kier molecular flexibility index (Phi) is 10.3. The summed E-state index contributed by atoms with van der Waals surface area (Å²) in [5.41, 5.74) is 0.579. The van der Waals surface area contributed by atoms with Gasteiger partial charge in [0.2, 0.25) is 0 Å². The van der Waals surface area contributed by atoms with Gasteiger partial charge in [0.25, 0.3) is 5.91 Å². The lowest BCUT2D eigenvalue weighted by molar-refractivity contribution is -0.193. The monoisotopic (exact) mass is 501 g/mol. The van der Waals surface area contributed by atoms with Gasteiger partial charge in [-0.2, -0.15) is 26.3 Å². The third kappa shape index (κ3) is 8.80. The molecule has 2 N–H and O–H groups in total. The third-order valence-electron chi connectivity index (χ3n) is 4.92. The number of carboxylic acids is 2. The first-order valence-electron chi connectivity index (χ1n) is 10.1. The molecule has 2 atom stereocenters. The van der Waals surface area contributed by atoms with Gasteiger partial charge in [-0.3, -0.25) is 14.7 Å². The van der Waals surface area contributed by atoms with E-state index in [0.29, 0.717) is 23.7 Å². The van der Waals surface area contributed by atoms with Crippen LogP contribution in [0, 0.1) is 5.92 Å². The molecule has 1 amide bonds. The van der Waals surface area contributed by atoms with Crippen molar-refractivity contribution in [3.63, 3.8) is 0 Å². The molecule has 192 valence electrons. The molecule has 2 aliphatic heterocycles. The molecule has 0 radical (unpaired) electrons. The average Bonchev–Trinajstić information content (AvgIpc) is 3.30. The highest BCUT2D eigenvalue weighted by molar-refractivity contribution is 5.92. The zero-order valence-corrected chi connectivity index (χ0v) is 18.3. The fraction of sp³-hybridized carbons (Fsp3) is 0.600. The van der Waals surface area contributed by atoms with E-state index in [1.165, 1.54) is 0 Å². The third-order valence-corrected chi connectivity index (χ3v) is 4.92. The highest BCUT2D eigenvalue weighted by atomic mass is 19.4. The lowest BCUT2D eigenvalue weighted by Gasteiger charge is -2.26. The summed E-state index contributed by atoms with van der Waals surface area (Å²) < 4.78 is 63.5. The molecule has 2 aliphatic rings. The first-order chi connectivity index (χ1) is 15.6. The maximum absolute atomic E-state index is 12.6. The van der Waals surface area contributed by atoms with Crippen molar-refractivity contribution in [2.75, 3.05) is 19.6 Å². The van der Waals surface area contributed by atoms with Crippen LogP contribution >= 0.6 is 0 Å². The highest BCUT2D eigenvalue weighted by Crippen LogP contribution is 2.32. The van der Waals surface area contributed by atoms with Crippen molar-refractivity contribution in [1.82, 2.24) is 14.8 Å². The predicted octanol–water partition coefficient (Wildman–Crippen LogP) is 3.29. The molecule has 0 spiro atoms. The van der Waals surface area contributed by atoms with Gasteiger partial charge in [-0.15, -0.1) is 0 Å². The Morgan fingerprint density at radius 1 is 0.971 bits per heavy atom. The number of carbonyl (C=O) groups is 3. The topological polar surface area (TPSA) is 111 Å². The molecular formula is C20H25F6N3O5. The standard InChI is InChI=1S/C16H23N3O.2C2HF3O2/c1-12(2)11-18-9-6-15-14(18)7-10-19(15)16(20)13-5-3-4-8-17-13;2*3-2(4,5)1(6)7/h3-5,8,12,14-15H,6-7,9-11H2,1-2H3;2*(H,6,7)/t14-,15+;;/m0../s1. The van der Waals surface area contributed by atoms with Crippen LogP contribution in [0.1, 0.15) is 37.2 Å². The zero-order valence-electron chi connectivity index (χ0n) is 18.3. The van der Waals surface area contributed by atoms with Gasteiger partial charge in [0.05, 0.1) is 0 Å². The number of hydrogen-bond donors (Lipinski definition) is 2. The highest BCUT2D eigenvalue weighted by Gasteiger charge is 2.44. The van der Waals surface area contributed by atoms with Gasteiger partial charge in [0, 0.05) is 37.9 Å². The van der Waals surface area contributed by atoms with Crippen LogP contribution in [0.5, 0.6) is 0 Å². The van der Waals surface area contributed by atoms with Gasteiger partial charge in [0.1, 0.15) is 5.69 Å². The van der Waals surface area contributed by atoms with E-state index in [1.807, 2.05) is 23.1 Å². The van der Waals surface area contributed by atoms with Crippen LogP contribution < -0.4 is 0 Å². The van der Waals surface area contributed by atoms with E-state index in [1.54, 1.807) is 6.20 Å².